The fourth-order valence-corrected chi connectivity index (χ4v) is 5.87. The molecule has 1 saturated heterocycles. The number of carbonyl (C=O) groups is 2. The normalized spacial score (nSPS) is 17.4. The molecule has 3 N–H and O–H groups in total. The van der Waals surface area contributed by atoms with Crippen molar-refractivity contribution in [2.45, 2.75) is 36.8 Å². The van der Waals surface area contributed by atoms with E-state index in [1.807, 2.05) is 30.3 Å². The van der Waals surface area contributed by atoms with Gasteiger partial charge in [0.25, 0.3) is 0 Å². The number of aliphatic hydroxyl groups is 1. The number of likely N-dealkylation sites (tertiary alicyclic amines) is 1. The van der Waals surface area contributed by atoms with Crippen LogP contribution >= 0.6 is 35.6 Å². The van der Waals surface area contributed by atoms with Crippen molar-refractivity contribution in [1.29, 1.82) is 0 Å². The lowest BCUT2D eigenvalue weighted by Crippen LogP contribution is -2.48. The van der Waals surface area contributed by atoms with Gasteiger partial charge in [-0.05, 0) is 54.4 Å². The molecule has 5 rings (SSSR count). The van der Waals surface area contributed by atoms with Gasteiger partial charge in [-0.25, -0.2) is 9.18 Å². The Morgan fingerprint density at radius 1 is 1.05 bits per heavy atom. The maximum absolute atomic E-state index is 14.1. The van der Waals surface area contributed by atoms with Gasteiger partial charge in [-0.15, -0.1) is 12.4 Å². The van der Waals surface area contributed by atoms with Crippen molar-refractivity contribution in [3.63, 3.8) is 0 Å². The fourth-order valence-electron chi connectivity index (χ4n) is 5.56. The van der Waals surface area contributed by atoms with E-state index >= 15 is 0 Å². The molecule has 218 valence electrons. The third kappa shape index (κ3) is 6.96. The van der Waals surface area contributed by atoms with Gasteiger partial charge in [0.05, 0.1) is 34.3 Å². The molecule has 7 nitrogen and oxygen atoms in total. The molecule has 2 aliphatic rings. The van der Waals surface area contributed by atoms with E-state index in [2.05, 4.69) is 15.5 Å². The Morgan fingerprint density at radius 2 is 1.78 bits per heavy atom. The molecule has 2 atom stereocenters. The third-order valence-corrected chi connectivity index (χ3v) is 8.50. The summed E-state index contributed by atoms with van der Waals surface area (Å²) in [7, 11) is 0. The van der Waals surface area contributed by atoms with E-state index in [1.54, 1.807) is 24.3 Å². The first-order valence-corrected chi connectivity index (χ1v) is 14.0. The monoisotopic (exact) mass is 621 g/mol. The molecule has 0 bridgehead atoms. The van der Waals surface area contributed by atoms with Crippen LogP contribution in [0, 0.1) is 5.82 Å². The number of aliphatic hydroxyl groups excluding tert-OH is 1. The molecule has 3 aromatic carbocycles. The molecule has 0 radical (unpaired) electrons. The van der Waals surface area contributed by atoms with Crippen molar-refractivity contribution >= 4 is 53.3 Å². The molecule has 2 amide bonds. The number of hydrogen-bond acceptors (Lipinski definition) is 5. The maximum Gasteiger partial charge on any atom is 0.412 e. The zero-order chi connectivity index (χ0) is 28.3. The standard InChI is InChI=1S/C30H30Cl2FN3O4.ClH/c31-24-8-6-20(16-25(24)32)22(28(38)34-27(18-37)19-4-2-1-3-5-19)10-13-36-14-11-30(12-15-36)23-17-21(33)7-9-26(23)35-29(39)40-30;/h1-9,16-17,22,27,37H,10-15,18H2,(H,34,38)(H,35,39);1H/t22?,27-;/m0./s1. The predicted octanol–water partition coefficient (Wildman–Crippen LogP) is 6.43. The molecule has 2 heterocycles. The van der Waals surface area contributed by atoms with Gasteiger partial charge in [0, 0.05) is 31.5 Å². The summed E-state index contributed by atoms with van der Waals surface area (Å²) in [4.78, 5) is 28.0. The third-order valence-electron chi connectivity index (χ3n) is 7.76. The molecule has 11 heteroatoms. The van der Waals surface area contributed by atoms with Crippen molar-refractivity contribution in [3.05, 3.63) is 99.3 Å². The molecule has 1 unspecified atom stereocenters. The average molecular weight is 623 g/mol. The molecule has 2 aliphatic heterocycles. The van der Waals surface area contributed by atoms with Crippen LogP contribution in [0.15, 0.2) is 66.7 Å². The molecule has 3 aromatic rings. The minimum Gasteiger partial charge on any atom is -0.438 e. The van der Waals surface area contributed by atoms with Gasteiger partial charge in [0.2, 0.25) is 5.91 Å². The second kappa shape index (κ2) is 13.4. The Hall–Kier alpha value is -2.88. The molecule has 0 saturated carbocycles. The second-order valence-electron chi connectivity index (χ2n) is 10.2. The largest absolute Gasteiger partial charge is 0.438 e. The van der Waals surface area contributed by atoms with Crippen molar-refractivity contribution in [2.75, 3.05) is 31.6 Å². The van der Waals surface area contributed by atoms with Crippen molar-refractivity contribution in [2.24, 2.45) is 0 Å². The number of anilines is 1. The Labute approximate surface area is 254 Å². The SMILES string of the molecule is Cl.O=C1Nc2ccc(F)cc2C2(CCN(CCC(C(=O)N[C@@H](CO)c3ccccc3)c3ccc(Cl)c(Cl)c3)CC2)O1. The lowest BCUT2D eigenvalue weighted by atomic mass is 9.82. The van der Waals surface area contributed by atoms with E-state index in [0.29, 0.717) is 60.2 Å². The van der Waals surface area contributed by atoms with Gasteiger partial charge in [0.15, 0.2) is 0 Å². The first kappa shape index (κ1) is 31.1. The Morgan fingerprint density at radius 3 is 2.46 bits per heavy atom. The first-order valence-electron chi connectivity index (χ1n) is 13.2. The number of rotatable bonds is 8. The van der Waals surface area contributed by atoms with Crippen LogP contribution in [0.5, 0.6) is 0 Å². The first-order chi connectivity index (χ1) is 19.3. The van der Waals surface area contributed by atoms with Crippen LogP contribution in [0.25, 0.3) is 0 Å². The van der Waals surface area contributed by atoms with Crippen LogP contribution in [0.4, 0.5) is 14.9 Å². The highest BCUT2D eigenvalue weighted by molar-refractivity contribution is 6.42. The number of hydrogen-bond donors (Lipinski definition) is 3. The number of fused-ring (bicyclic) bond motifs is 2. The summed E-state index contributed by atoms with van der Waals surface area (Å²) < 4.78 is 19.8. The zero-order valence-corrected chi connectivity index (χ0v) is 24.4. The van der Waals surface area contributed by atoms with Gasteiger partial charge in [-0.2, -0.15) is 0 Å². The van der Waals surface area contributed by atoms with Crippen LogP contribution in [0.1, 0.15) is 47.9 Å². The minimum atomic E-state index is -0.888. The summed E-state index contributed by atoms with van der Waals surface area (Å²) in [6.45, 7) is 1.55. The second-order valence-corrected chi connectivity index (χ2v) is 11.0. The van der Waals surface area contributed by atoms with Crippen molar-refractivity contribution in [3.8, 4) is 0 Å². The van der Waals surface area contributed by atoms with Crippen LogP contribution in [0.3, 0.4) is 0 Å². The summed E-state index contributed by atoms with van der Waals surface area (Å²) in [5.41, 5.74) is 1.86. The summed E-state index contributed by atoms with van der Waals surface area (Å²) in [6, 6.07) is 18.2. The van der Waals surface area contributed by atoms with E-state index in [1.165, 1.54) is 12.1 Å². The number of ether oxygens (including phenoxy) is 1. The smallest absolute Gasteiger partial charge is 0.412 e. The Balaban J connectivity index is 0.00000387. The molecule has 0 aliphatic carbocycles. The number of nitrogens with one attached hydrogen (secondary N) is 2. The predicted molar refractivity (Wildman–Crippen MR) is 159 cm³/mol. The van der Waals surface area contributed by atoms with Crippen molar-refractivity contribution in [1.82, 2.24) is 10.2 Å². The van der Waals surface area contributed by atoms with Crippen LogP contribution in [-0.4, -0.2) is 48.2 Å². The van der Waals surface area contributed by atoms with Crippen LogP contribution in [0.2, 0.25) is 10.0 Å². The fraction of sp³-hybridized carbons (Fsp3) is 0.333. The Kier molecular flexibility index (Phi) is 10.2. The van der Waals surface area contributed by atoms with Crippen molar-refractivity contribution < 1.29 is 23.8 Å². The number of nitrogens with zero attached hydrogens (tertiary/aromatic N) is 1. The number of piperidine rings is 1. The minimum absolute atomic E-state index is 0. The lowest BCUT2D eigenvalue weighted by molar-refractivity contribution is -0.124. The summed E-state index contributed by atoms with van der Waals surface area (Å²) in [5.74, 6) is -1.16. The van der Waals surface area contributed by atoms with Gasteiger partial charge < -0.3 is 20.1 Å². The summed E-state index contributed by atoms with van der Waals surface area (Å²) >= 11 is 12.4. The van der Waals surface area contributed by atoms with Gasteiger partial charge >= 0.3 is 6.09 Å². The van der Waals surface area contributed by atoms with E-state index in [-0.39, 0.29) is 30.7 Å². The zero-order valence-electron chi connectivity index (χ0n) is 22.1. The Bertz CT molecular complexity index is 1390. The van der Waals surface area contributed by atoms with Crippen LogP contribution in [-0.2, 0) is 15.1 Å². The van der Waals surface area contributed by atoms with Gasteiger partial charge in [0.1, 0.15) is 11.4 Å². The molecule has 1 fully saturated rings. The average Bonchev–Trinajstić information content (AvgIpc) is 2.95. The maximum atomic E-state index is 14.1. The summed E-state index contributed by atoms with van der Waals surface area (Å²) in [5, 5.41) is 16.4. The molecular weight excluding hydrogens is 592 g/mol. The van der Waals surface area contributed by atoms with Crippen LogP contribution < -0.4 is 10.6 Å². The number of benzene rings is 3. The van der Waals surface area contributed by atoms with Gasteiger partial charge in [-0.3, -0.25) is 10.1 Å². The topological polar surface area (TPSA) is 90.9 Å². The van der Waals surface area contributed by atoms with E-state index in [4.69, 9.17) is 27.9 Å². The van der Waals surface area contributed by atoms with E-state index in [0.717, 1.165) is 11.1 Å². The molecule has 1 spiro atoms. The highest BCUT2D eigenvalue weighted by Gasteiger charge is 2.44. The molecule has 0 aromatic heterocycles. The lowest BCUT2D eigenvalue weighted by Gasteiger charge is -2.44. The number of halogens is 4. The number of amides is 2. The highest BCUT2D eigenvalue weighted by atomic mass is 35.5. The van der Waals surface area contributed by atoms with Gasteiger partial charge in [-0.1, -0.05) is 59.6 Å². The quantitative estimate of drug-likeness (QED) is 0.269. The number of carbonyl (C=O) groups excluding carboxylic acids is 2. The highest BCUT2D eigenvalue weighted by Crippen LogP contribution is 2.44. The van der Waals surface area contributed by atoms with E-state index in [9.17, 15) is 19.1 Å². The van der Waals surface area contributed by atoms with E-state index < -0.39 is 23.7 Å². The molecule has 41 heavy (non-hydrogen) atoms. The molecular formula is C30H31Cl3FN3O4. The summed E-state index contributed by atoms with van der Waals surface area (Å²) in [6.07, 6.45) is 0.944.